The highest BCUT2D eigenvalue weighted by molar-refractivity contribution is 6.46. The molecule has 7 heteroatoms. The van der Waals surface area contributed by atoms with Gasteiger partial charge >= 0.3 is 0 Å². The molecule has 0 aliphatic carbocycles. The fourth-order valence-electron chi connectivity index (χ4n) is 5.37. The van der Waals surface area contributed by atoms with Crippen LogP contribution in [0.5, 0.6) is 5.75 Å². The molecule has 0 radical (unpaired) electrons. The average Bonchev–Trinajstić information content (AvgIpc) is 3.51. The van der Waals surface area contributed by atoms with Gasteiger partial charge in [-0.1, -0.05) is 26.0 Å². The van der Waals surface area contributed by atoms with Crippen molar-refractivity contribution >= 4 is 23.1 Å². The van der Waals surface area contributed by atoms with E-state index in [1.165, 1.54) is 0 Å². The van der Waals surface area contributed by atoms with Gasteiger partial charge in [0.1, 0.15) is 11.5 Å². The zero-order valence-electron chi connectivity index (χ0n) is 22.5. The zero-order valence-corrected chi connectivity index (χ0v) is 22.5. The molecule has 1 N–H and O–H groups in total. The Kier molecular flexibility index (Phi) is 8.22. The fraction of sp³-hybridized carbons (Fsp3) is 0.467. The third-order valence-corrected chi connectivity index (χ3v) is 7.43. The summed E-state index contributed by atoms with van der Waals surface area (Å²) in [5.41, 5.74) is 3.37. The molecule has 2 heterocycles. The number of methoxy groups -OCH3 is 1. The number of nitrogens with zero attached hydrogens (tertiary/aromatic N) is 2. The van der Waals surface area contributed by atoms with Crippen molar-refractivity contribution < 1.29 is 24.2 Å². The first kappa shape index (κ1) is 26.7. The average molecular weight is 507 g/mol. The molecule has 0 aromatic heterocycles. The minimum atomic E-state index is -0.695. The smallest absolute Gasteiger partial charge is 0.295 e. The molecular formula is C30H38N2O5. The monoisotopic (exact) mass is 506 g/mol. The summed E-state index contributed by atoms with van der Waals surface area (Å²) in [5.74, 6) is -0.583. The van der Waals surface area contributed by atoms with Gasteiger partial charge in [-0.15, -0.1) is 0 Å². The van der Waals surface area contributed by atoms with Crippen LogP contribution in [0.4, 0.5) is 5.69 Å². The predicted octanol–water partition coefficient (Wildman–Crippen LogP) is 5.27. The van der Waals surface area contributed by atoms with Crippen molar-refractivity contribution in [1.82, 2.24) is 4.90 Å². The highest BCUT2D eigenvalue weighted by Gasteiger charge is 2.47. The lowest BCUT2D eigenvalue weighted by Crippen LogP contribution is -2.36. The third-order valence-electron chi connectivity index (χ3n) is 7.43. The molecule has 0 bridgehead atoms. The second-order valence-electron chi connectivity index (χ2n) is 9.96. The molecule has 2 aromatic carbocycles. The van der Waals surface area contributed by atoms with Crippen LogP contribution in [0.15, 0.2) is 48.0 Å². The van der Waals surface area contributed by atoms with E-state index in [0.29, 0.717) is 24.5 Å². The van der Waals surface area contributed by atoms with Crippen molar-refractivity contribution in [1.29, 1.82) is 0 Å². The Morgan fingerprint density at radius 1 is 1.14 bits per heavy atom. The van der Waals surface area contributed by atoms with Crippen molar-refractivity contribution in [3.63, 3.8) is 0 Å². The number of benzene rings is 2. The lowest BCUT2D eigenvalue weighted by atomic mass is 9.93. The number of rotatable bonds is 9. The SMILES string of the molecule is CCN(CC)c1ccc(C2/C(=C(/O)c3ccc(OC)c(C(C)C)c3)C(=O)C(=O)N2CC2CCCO2)cc1. The zero-order chi connectivity index (χ0) is 26.7. The topological polar surface area (TPSA) is 79.3 Å². The van der Waals surface area contributed by atoms with Crippen molar-refractivity contribution in [2.24, 2.45) is 0 Å². The van der Waals surface area contributed by atoms with E-state index in [9.17, 15) is 14.7 Å². The molecule has 2 aliphatic heterocycles. The van der Waals surface area contributed by atoms with Gasteiger partial charge in [-0.2, -0.15) is 0 Å². The predicted molar refractivity (Wildman–Crippen MR) is 145 cm³/mol. The Hall–Kier alpha value is -3.32. The van der Waals surface area contributed by atoms with E-state index >= 15 is 0 Å². The van der Waals surface area contributed by atoms with Gasteiger partial charge in [-0.3, -0.25) is 9.59 Å². The van der Waals surface area contributed by atoms with E-state index in [0.717, 1.165) is 42.7 Å². The molecule has 37 heavy (non-hydrogen) atoms. The Balaban J connectivity index is 1.82. The highest BCUT2D eigenvalue weighted by Crippen LogP contribution is 2.41. The van der Waals surface area contributed by atoms with Crippen molar-refractivity contribution in [3.05, 3.63) is 64.7 Å². The minimum Gasteiger partial charge on any atom is -0.507 e. The number of carbonyl (C=O) groups excluding carboxylic acids is 2. The van der Waals surface area contributed by atoms with E-state index in [4.69, 9.17) is 9.47 Å². The molecular weight excluding hydrogens is 468 g/mol. The maximum absolute atomic E-state index is 13.4. The molecule has 2 atom stereocenters. The fourth-order valence-corrected chi connectivity index (χ4v) is 5.37. The van der Waals surface area contributed by atoms with Crippen LogP contribution in [0, 0.1) is 0 Å². The number of carbonyl (C=O) groups is 2. The Morgan fingerprint density at radius 2 is 1.84 bits per heavy atom. The summed E-state index contributed by atoms with van der Waals surface area (Å²) in [7, 11) is 1.61. The lowest BCUT2D eigenvalue weighted by Gasteiger charge is -2.28. The number of hydrogen-bond acceptors (Lipinski definition) is 6. The molecule has 7 nitrogen and oxygen atoms in total. The summed E-state index contributed by atoms with van der Waals surface area (Å²) in [6, 6.07) is 12.6. The summed E-state index contributed by atoms with van der Waals surface area (Å²) >= 11 is 0. The van der Waals surface area contributed by atoms with Crippen LogP contribution in [0.25, 0.3) is 5.76 Å². The number of ether oxygens (including phenoxy) is 2. The maximum Gasteiger partial charge on any atom is 0.295 e. The second kappa shape index (κ2) is 11.4. The van der Waals surface area contributed by atoms with E-state index in [1.54, 1.807) is 24.1 Å². The van der Waals surface area contributed by atoms with Crippen molar-refractivity contribution in [3.8, 4) is 5.75 Å². The number of Topliss-reactive ketones (excluding diaryl/α,β-unsaturated/α-hetero) is 1. The Labute approximate surface area is 219 Å². The van der Waals surface area contributed by atoms with Gasteiger partial charge in [0.15, 0.2) is 0 Å². The summed E-state index contributed by atoms with van der Waals surface area (Å²) in [5, 5.41) is 11.5. The summed E-state index contributed by atoms with van der Waals surface area (Å²) in [6.07, 6.45) is 1.65. The molecule has 2 aliphatic rings. The van der Waals surface area contributed by atoms with Crippen LogP contribution in [0.1, 0.15) is 69.2 Å². The van der Waals surface area contributed by atoms with Crippen LogP contribution < -0.4 is 9.64 Å². The van der Waals surface area contributed by atoms with Crippen molar-refractivity contribution in [2.75, 3.05) is 38.3 Å². The minimum absolute atomic E-state index is 0.110. The van der Waals surface area contributed by atoms with Crippen LogP contribution in [0.2, 0.25) is 0 Å². The first-order chi connectivity index (χ1) is 17.8. The van der Waals surface area contributed by atoms with E-state index in [-0.39, 0.29) is 23.4 Å². The van der Waals surface area contributed by atoms with Gasteiger partial charge in [-0.05, 0) is 74.1 Å². The van der Waals surface area contributed by atoms with E-state index < -0.39 is 17.7 Å². The molecule has 2 aromatic rings. The first-order valence-electron chi connectivity index (χ1n) is 13.2. The standard InChI is InChI=1S/C30H38N2O5/c1-6-31(7-2)22-13-10-20(11-14-22)27-26(29(34)30(35)32(27)18-23-9-8-16-37-23)28(33)21-12-15-25(36-5)24(17-21)19(3)4/h10-15,17,19,23,27,33H,6-9,16,18H2,1-5H3/b28-26-. The number of anilines is 1. The van der Waals surface area contributed by atoms with E-state index in [2.05, 4.69) is 18.7 Å². The normalized spacial score (nSPS) is 21.2. The number of ketones is 1. The molecule has 2 unspecified atom stereocenters. The Bertz CT molecular complexity index is 1160. The van der Waals surface area contributed by atoms with Crippen LogP contribution in [-0.4, -0.2) is 61.2 Å². The number of aliphatic hydroxyl groups excluding tert-OH is 1. The number of hydrogen-bond donors (Lipinski definition) is 1. The molecule has 4 rings (SSSR count). The summed E-state index contributed by atoms with van der Waals surface area (Å²) in [4.78, 5) is 30.5. The molecule has 2 fully saturated rings. The summed E-state index contributed by atoms with van der Waals surface area (Å²) in [6.45, 7) is 11.0. The Morgan fingerprint density at radius 3 is 2.41 bits per heavy atom. The lowest BCUT2D eigenvalue weighted by molar-refractivity contribution is -0.140. The van der Waals surface area contributed by atoms with Gasteiger partial charge in [0.2, 0.25) is 0 Å². The van der Waals surface area contributed by atoms with Crippen LogP contribution in [-0.2, 0) is 14.3 Å². The molecule has 0 saturated carbocycles. The number of likely N-dealkylation sites (tertiary alicyclic amines) is 1. The second-order valence-corrected chi connectivity index (χ2v) is 9.96. The van der Waals surface area contributed by atoms with Crippen molar-refractivity contribution in [2.45, 2.75) is 58.6 Å². The van der Waals surface area contributed by atoms with Crippen LogP contribution >= 0.6 is 0 Å². The number of amides is 1. The molecule has 1 amide bonds. The van der Waals surface area contributed by atoms with Gasteiger partial charge < -0.3 is 24.4 Å². The molecule has 198 valence electrons. The molecule has 0 spiro atoms. The number of aliphatic hydroxyl groups is 1. The highest BCUT2D eigenvalue weighted by atomic mass is 16.5. The van der Waals surface area contributed by atoms with Gasteiger partial charge in [-0.25, -0.2) is 0 Å². The van der Waals surface area contributed by atoms with Gasteiger partial charge in [0.05, 0.1) is 24.8 Å². The maximum atomic E-state index is 13.4. The largest absolute Gasteiger partial charge is 0.507 e. The summed E-state index contributed by atoms with van der Waals surface area (Å²) < 4.78 is 11.3. The van der Waals surface area contributed by atoms with Gasteiger partial charge in [0.25, 0.3) is 11.7 Å². The van der Waals surface area contributed by atoms with E-state index in [1.807, 2.05) is 44.2 Å². The van der Waals surface area contributed by atoms with Crippen LogP contribution in [0.3, 0.4) is 0 Å². The third kappa shape index (κ3) is 5.23. The van der Waals surface area contributed by atoms with Gasteiger partial charge in [0, 0.05) is 37.5 Å². The molecule has 2 saturated heterocycles. The quantitative estimate of drug-likeness (QED) is 0.284. The first-order valence-corrected chi connectivity index (χ1v) is 13.2.